The number of hydroxylamine groups is 2. The first-order chi connectivity index (χ1) is 9.57. The molecule has 0 aliphatic carbocycles. The Bertz CT molecular complexity index is 627. The van der Waals surface area contributed by atoms with Gasteiger partial charge in [0.1, 0.15) is 5.75 Å². The van der Waals surface area contributed by atoms with Gasteiger partial charge in [-0.3, -0.25) is 10.1 Å². The summed E-state index contributed by atoms with van der Waals surface area (Å²) in [6, 6.07) is 8.14. The van der Waals surface area contributed by atoms with Crippen molar-refractivity contribution >= 4 is 7.75 Å². The highest BCUT2D eigenvalue weighted by Crippen LogP contribution is 2.44. The van der Waals surface area contributed by atoms with Gasteiger partial charge in [0.15, 0.2) is 0 Å². The number of nitrogens with zero attached hydrogens (tertiary/aromatic N) is 3. The van der Waals surface area contributed by atoms with Crippen LogP contribution < -0.4 is 4.52 Å². The minimum Gasteiger partial charge on any atom is -0.412 e. The Kier molecular flexibility index (Phi) is 6.01. The van der Waals surface area contributed by atoms with Crippen LogP contribution in [0.15, 0.2) is 76.7 Å². The van der Waals surface area contributed by atoms with Gasteiger partial charge in [0.2, 0.25) is 0 Å². The standard InChI is InChI=1S/C12H12N3O4P.H2O/c16-15-9-5-4-6-11(15)10-13-14-20(17,18)19-12-7-2-1-3-8-12;/h1-10,16H,(H,17,18);1H2/b11-10+,14-13?;. The molecule has 1 aliphatic rings. The summed E-state index contributed by atoms with van der Waals surface area (Å²) in [5, 5.41) is 13.7. The summed E-state index contributed by atoms with van der Waals surface area (Å²) in [5.41, 5.74) is 0.302. The van der Waals surface area contributed by atoms with Crippen LogP contribution in [-0.4, -0.2) is 20.6 Å². The summed E-state index contributed by atoms with van der Waals surface area (Å²) in [6.45, 7) is 0. The second-order valence-electron chi connectivity index (χ2n) is 3.70. The van der Waals surface area contributed by atoms with E-state index in [2.05, 4.69) is 10.00 Å². The molecule has 0 saturated heterocycles. The summed E-state index contributed by atoms with van der Waals surface area (Å²) in [4.78, 5) is 12.7. The third kappa shape index (κ3) is 5.33. The molecule has 0 aromatic heterocycles. The Morgan fingerprint density at radius 1 is 1.24 bits per heavy atom. The summed E-state index contributed by atoms with van der Waals surface area (Å²) in [5.74, 6) is 0.217. The summed E-state index contributed by atoms with van der Waals surface area (Å²) >= 11 is 0. The van der Waals surface area contributed by atoms with Gasteiger partial charge in [0.05, 0.1) is 11.9 Å². The van der Waals surface area contributed by atoms with Crippen molar-refractivity contribution in [3.63, 3.8) is 0 Å². The molecule has 0 spiro atoms. The molecule has 1 aromatic carbocycles. The second-order valence-corrected chi connectivity index (χ2v) is 5.04. The number of rotatable bonds is 4. The highest BCUT2D eigenvalue weighted by molar-refractivity contribution is 7.51. The van der Waals surface area contributed by atoms with Crippen LogP contribution in [0.4, 0.5) is 0 Å². The predicted octanol–water partition coefficient (Wildman–Crippen LogP) is 2.41. The van der Waals surface area contributed by atoms with E-state index in [1.807, 2.05) is 0 Å². The van der Waals surface area contributed by atoms with E-state index in [1.165, 1.54) is 18.3 Å². The Labute approximate surface area is 120 Å². The number of hydrogen-bond acceptors (Lipinski definition) is 5. The molecule has 1 aliphatic heterocycles. The highest BCUT2D eigenvalue weighted by atomic mass is 31.2. The van der Waals surface area contributed by atoms with E-state index in [9.17, 15) is 14.7 Å². The molecule has 9 heteroatoms. The van der Waals surface area contributed by atoms with E-state index in [0.717, 1.165) is 11.3 Å². The van der Waals surface area contributed by atoms with E-state index in [0.29, 0.717) is 5.70 Å². The smallest absolute Gasteiger partial charge is 0.412 e. The maximum absolute atomic E-state index is 11.6. The van der Waals surface area contributed by atoms with Crippen LogP contribution in [0, 0.1) is 0 Å². The van der Waals surface area contributed by atoms with Crippen molar-refractivity contribution in [3.8, 4) is 5.75 Å². The molecule has 4 N–H and O–H groups in total. The topological polar surface area (TPSA) is 126 Å². The van der Waals surface area contributed by atoms with Gasteiger partial charge < -0.3 is 10.00 Å². The molecule has 2 rings (SSSR count). The Morgan fingerprint density at radius 3 is 2.62 bits per heavy atom. The third-order valence-corrected chi connectivity index (χ3v) is 2.97. The highest BCUT2D eigenvalue weighted by Gasteiger charge is 2.20. The van der Waals surface area contributed by atoms with Gasteiger partial charge in [-0.1, -0.05) is 29.2 Å². The van der Waals surface area contributed by atoms with Gasteiger partial charge in [-0.15, -0.1) is 5.11 Å². The molecule has 0 radical (unpaired) electrons. The Hall–Kier alpha value is -2.25. The first-order valence-electron chi connectivity index (χ1n) is 5.60. The lowest BCUT2D eigenvalue weighted by Crippen LogP contribution is -2.10. The van der Waals surface area contributed by atoms with Crippen molar-refractivity contribution < 1.29 is 24.7 Å². The molecule has 1 unspecified atom stereocenters. The van der Waals surface area contributed by atoms with E-state index >= 15 is 0 Å². The lowest BCUT2D eigenvalue weighted by Gasteiger charge is -2.13. The number of hydrogen-bond donors (Lipinski definition) is 2. The first kappa shape index (κ1) is 16.8. The fraction of sp³-hybridized carbons (Fsp3) is 0. The van der Waals surface area contributed by atoms with Crippen LogP contribution >= 0.6 is 7.75 Å². The lowest BCUT2D eigenvalue weighted by molar-refractivity contribution is -0.000518. The Balaban J connectivity index is 0.00000220. The van der Waals surface area contributed by atoms with Crippen molar-refractivity contribution in [2.45, 2.75) is 0 Å². The zero-order chi connectivity index (χ0) is 14.4. The summed E-state index contributed by atoms with van der Waals surface area (Å²) in [7, 11) is -4.23. The molecule has 0 bridgehead atoms. The number of para-hydroxylation sites is 1. The van der Waals surface area contributed by atoms with Crippen molar-refractivity contribution in [1.82, 2.24) is 5.06 Å². The zero-order valence-corrected chi connectivity index (χ0v) is 11.7. The van der Waals surface area contributed by atoms with Gasteiger partial charge in [0.25, 0.3) is 0 Å². The van der Waals surface area contributed by atoms with Gasteiger partial charge >= 0.3 is 7.75 Å². The molecular weight excluding hydrogens is 297 g/mol. The van der Waals surface area contributed by atoms with Gasteiger partial charge in [-0.05, 0) is 24.3 Å². The molecule has 21 heavy (non-hydrogen) atoms. The number of benzene rings is 1. The van der Waals surface area contributed by atoms with E-state index in [-0.39, 0.29) is 11.2 Å². The first-order valence-corrected chi connectivity index (χ1v) is 7.13. The Morgan fingerprint density at radius 2 is 1.95 bits per heavy atom. The van der Waals surface area contributed by atoms with E-state index in [1.54, 1.807) is 36.4 Å². The fourth-order valence-corrected chi connectivity index (χ4v) is 1.95. The molecule has 112 valence electrons. The fourth-order valence-electron chi connectivity index (χ4n) is 1.34. The van der Waals surface area contributed by atoms with Crippen molar-refractivity contribution in [2.75, 3.05) is 0 Å². The largest absolute Gasteiger partial charge is 0.523 e. The molecule has 1 atom stereocenters. The van der Waals surface area contributed by atoms with Gasteiger partial charge in [-0.2, -0.15) is 0 Å². The molecule has 0 fully saturated rings. The van der Waals surface area contributed by atoms with Gasteiger partial charge in [-0.25, -0.2) is 9.63 Å². The minimum absolute atomic E-state index is 0. The maximum Gasteiger partial charge on any atom is 0.523 e. The average molecular weight is 311 g/mol. The molecule has 0 amide bonds. The van der Waals surface area contributed by atoms with Crippen LogP contribution in [0.5, 0.6) is 5.75 Å². The predicted molar refractivity (Wildman–Crippen MR) is 75.4 cm³/mol. The minimum atomic E-state index is -4.23. The van der Waals surface area contributed by atoms with Crippen LogP contribution in [0.25, 0.3) is 0 Å². The summed E-state index contributed by atoms with van der Waals surface area (Å²) < 4.78 is 16.5. The second kappa shape index (κ2) is 7.51. The van der Waals surface area contributed by atoms with Gasteiger partial charge in [0, 0.05) is 6.20 Å². The normalized spacial score (nSPS) is 18.6. The van der Waals surface area contributed by atoms with E-state index < -0.39 is 7.75 Å². The van der Waals surface area contributed by atoms with E-state index in [4.69, 9.17) is 4.52 Å². The van der Waals surface area contributed by atoms with Crippen LogP contribution in [0.1, 0.15) is 0 Å². The lowest BCUT2D eigenvalue weighted by atomic mass is 10.3. The zero-order valence-electron chi connectivity index (χ0n) is 10.8. The quantitative estimate of drug-likeness (QED) is 0.652. The summed E-state index contributed by atoms with van der Waals surface area (Å²) in [6.07, 6.45) is 7.37. The monoisotopic (exact) mass is 311 g/mol. The molecule has 8 nitrogen and oxygen atoms in total. The van der Waals surface area contributed by atoms with Crippen LogP contribution in [0.3, 0.4) is 0 Å². The van der Waals surface area contributed by atoms with Crippen LogP contribution in [0.2, 0.25) is 0 Å². The van der Waals surface area contributed by atoms with Crippen LogP contribution in [-0.2, 0) is 4.57 Å². The molecule has 1 heterocycles. The third-order valence-electron chi connectivity index (χ3n) is 2.19. The SMILES string of the molecule is O.O=P(O)(N=N/C=C1\C=CC=CN1O)Oc1ccccc1. The molecule has 0 saturated carbocycles. The molecule has 1 aromatic rings. The van der Waals surface area contributed by atoms with Crippen molar-refractivity contribution in [1.29, 1.82) is 0 Å². The average Bonchev–Trinajstić information content (AvgIpc) is 2.41. The number of allylic oxidation sites excluding steroid dienone is 3. The van der Waals surface area contributed by atoms with Crippen molar-refractivity contribution in [2.24, 2.45) is 10.00 Å². The van der Waals surface area contributed by atoms with Crippen molar-refractivity contribution in [3.05, 3.63) is 66.7 Å². The molecular formula is C12H14N3O5P. The maximum atomic E-state index is 11.6.